The van der Waals surface area contributed by atoms with Crippen LogP contribution in [0.15, 0.2) is 35.3 Å². The van der Waals surface area contributed by atoms with Crippen LogP contribution in [0.5, 0.6) is 0 Å². The maximum Gasteiger partial charge on any atom is 0.191 e. The molecule has 0 spiro atoms. The third kappa shape index (κ3) is 7.14. The van der Waals surface area contributed by atoms with E-state index in [4.69, 9.17) is 0 Å². The van der Waals surface area contributed by atoms with Gasteiger partial charge in [0.25, 0.3) is 0 Å². The molecule has 0 unspecified atom stereocenters. The fourth-order valence-electron chi connectivity index (χ4n) is 2.29. The molecule has 0 bridgehead atoms. The molecule has 0 aliphatic rings. The molecule has 4 nitrogen and oxygen atoms in total. The molecule has 4 heteroatoms. The molecule has 0 aliphatic carbocycles. The number of benzene rings is 1. The third-order valence-electron chi connectivity index (χ3n) is 3.60. The maximum atomic E-state index is 4.26. The molecule has 0 heterocycles. The summed E-state index contributed by atoms with van der Waals surface area (Å²) in [4.78, 5) is 6.70. The Balaban J connectivity index is 2.23. The van der Waals surface area contributed by atoms with E-state index in [1.165, 1.54) is 5.56 Å². The Morgan fingerprint density at radius 1 is 1.14 bits per heavy atom. The van der Waals surface area contributed by atoms with Gasteiger partial charge in [-0.3, -0.25) is 9.89 Å². The lowest BCUT2D eigenvalue weighted by Crippen LogP contribution is -2.43. The number of hydrogen-bond acceptors (Lipinski definition) is 2. The first-order valence-corrected chi connectivity index (χ1v) is 7.89. The second kappa shape index (κ2) is 10.2. The number of rotatable bonds is 8. The predicted molar refractivity (Wildman–Crippen MR) is 91.9 cm³/mol. The first-order chi connectivity index (χ1) is 10.2. The van der Waals surface area contributed by atoms with Gasteiger partial charge in [0.2, 0.25) is 0 Å². The van der Waals surface area contributed by atoms with Gasteiger partial charge in [0.05, 0.1) is 0 Å². The van der Waals surface area contributed by atoms with Gasteiger partial charge in [0, 0.05) is 32.7 Å². The highest BCUT2D eigenvalue weighted by atomic mass is 15.2. The van der Waals surface area contributed by atoms with Gasteiger partial charge in [-0.05, 0) is 32.4 Å². The van der Waals surface area contributed by atoms with Gasteiger partial charge in [-0.1, -0.05) is 37.3 Å². The van der Waals surface area contributed by atoms with Crippen LogP contribution in [-0.2, 0) is 6.42 Å². The molecular weight excluding hydrogens is 260 g/mol. The Kier molecular flexibility index (Phi) is 8.51. The molecule has 0 saturated heterocycles. The molecule has 1 aromatic rings. The Morgan fingerprint density at radius 3 is 2.38 bits per heavy atom. The summed E-state index contributed by atoms with van der Waals surface area (Å²) in [7, 11) is 1.82. The van der Waals surface area contributed by atoms with Crippen molar-refractivity contribution in [3.05, 3.63) is 35.9 Å². The summed E-state index contributed by atoms with van der Waals surface area (Å²) in [6.07, 6.45) is 1.01. The van der Waals surface area contributed by atoms with Crippen LogP contribution in [0.3, 0.4) is 0 Å². The van der Waals surface area contributed by atoms with Crippen molar-refractivity contribution >= 4 is 5.96 Å². The molecule has 1 rings (SSSR count). The number of nitrogens with zero attached hydrogens (tertiary/aromatic N) is 2. The number of aliphatic imine (C=N–C) groups is 1. The average Bonchev–Trinajstić information content (AvgIpc) is 2.50. The highest BCUT2D eigenvalue weighted by molar-refractivity contribution is 5.79. The largest absolute Gasteiger partial charge is 0.356 e. The van der Waals surface area contributed by atoms with Crippen LogP contribution in [0.4, 0.5) is 0 Å². The molecule has 0 atom stereocenters. The molecule has 1 aromatic carbocycles. The van der Waals surface area contributed by atoms with E-state index in [-0.39, 0.29) is 0 Å². The molecule has 0 amide bonds. The Morgan fingerprint density at radius 2 is 1.81 bits per heavy atom. The van der Waals surface area contributed by atoms with E-state index in [2.05, 4.69) is 65.6 Å². The predicted octanol–water partition coefficient (Wildman–Crippen LogP) is 2.12. The van der Waals surface area contributed by atoms with Crippen molar-refractivity contribution < 1.29 is 0 Å². The van der Waals surface area contributed by atoms with Crippen LogP contribution in [0, 0.1) is 0 Å². The maximum absolute atomic E-state index is 4.26. The van der Waals surface area contributed by atoms with Crippen LogP contribution in [0.1, 0.15) is 26.3 Å². The van der Waals surface area contributed by atoms with E-state index in [9.17, 15) is 0 Å². The standard InChI is InChI=1S/C17H30N4/c1-5-21(15(2)3)14-13-20-17(18-4)19-12-11-16-9-7-6-8-10-16/h6-10,15H,5,11-14H2,1-4H3,(H2,18,19,20). The Bertz CT molecular complexity index is 401. The first-order valence-electron chi connectivity index (χ1n) is 7.89. The molecule has 118 valence electrons. The second-order valence-corrected chi connectivity index (χ2v) is 5.38. The van der Waals surface area contributed by atoms with E-state index in [1.807, 2.05) is 13.1 Å². The van der Waals surface area contributed by atoms with Crippen molar-refractivity contribution in [3.8, 4) is 0 Å². The Labute approximate surface area is 129 Å². The zero-order valence-electron chi connectivity index (χ0n) is 13.9. The summed E-state index contributed by atoms with van der Waals surface area (Å²) in [6, 6.07) is 11.1. The quantitative estimate of drug-likeness (QED) is 0.569. The summed E-state index contributed by atoms with van der Waals surface area (Å²) in [6.45, 7) is 10.6. The third-order valence-corrected chi connectivity index (χ3v) is 3.60. The van der Waals surface area contributed by atoms with Crippen LogP contribution in [0.25, 0.3) is 0 Å². The highest BCUT2D eigenvalue weighted by Gasteiger charge is 2.06. The van der Waals surface area contributed by atoms with E-state index < -0.39 is 0 Å². The lowest BCUT2D eigenvalue weighted by atomic mass is 10.1. The summed E-state index contributed by atoms with van der Waals surface area (Å²) >= 11 is 0. The lowest BCUT2D eigenvalue weighted by molar-refractivity contribution is 0.237. The van der Waals surface area contributed by atoms with Gasteiger partial charge >= 0.3 is 0 Å². The second-order valence-electron chi connectivity index (χ2n) is 5.38. The monoisotopic (exact) mass is 290 g/mol. The fraction of sp³-hybridized carbons (Fsp3) is 0.588. The molecule has 21 heavy (non-hydrogen) atoms. The van der Waals surface area contributed by atoms with E-state index in [0.29, 0.717) is 6.04 Å². The van der Waals surface area contributed by atoms with Gasteiger partial charge < -0.3 is 10.6 Å². The van der Waals surface area contributed by atoms with Gasteiger partial charge in [-0.25, -0.2) is 0 Å². The summed E-state index contributed by atoms with van der Waals surface area (Å²) < 4.78 is 0. The first kappa shape index (κ1) is 17.5. The van der Waals surface area contributed by atoms with E-state index in [1.54, 1.807) is 0 Å². The lowest BCUT2D eigenvalue weighted by Gasteiger charge is -2.25. The molecule has 0 radical (unpaired) electrons. The number of likely N-dealkylation sites (N-methyl/N-ethyl adjacent to an activating group) is 1. The minimum atomic E-state index is 0.588. The van der Waals surface area contributed by atoms with Crippen molar-refractivity contribution in [3.63, 3.8) is 0 Å². The van der Waals surface area contributed by atoms with Crippen molar-refractivity contribution in [2.24, 2.45) is 4.99 Å². The van der Waals surface area contributed by atoms with Gasteiger partial charge in [-0.2, -0.15) is 0 Å². The molecule has 0 saturated carbocycles. The zero-order chi connectivity index (χ0) is 15.5. The summed E-state index contributed by atoms with van der Waals surface area (Å²) in [5, 5.41) is 6.73. The van der Waals surface area contributed by atoms with Gasteiger partial charge in [0.1, 0.15) is 0 Å². The molecule has 0 aliphatic heterocycles. The molecule has 0 aromatic heterocycles. The minimum absolute atomic E-state index is 0.588. The average molecular weight is 290 g/mol. The van der Waals surface area contributed by atoms with E-state index >= 15 is 0 Å². The highest BCUT2D eigenvalue weighted by Crippen LogP contribution is 1.98. The Hall–Kier alpha value is -1.55. The summed E-state index contributed by atoms with van der Waals surface area (Å²) in [5.74, 6) is 0.880. The van der Waals surface area contributed by atoms with Crippen LogP contribution < -0.4 is 10.6 Å². The molecular formula is C17H30N4. The number of hydrogen-bond donors (Lipinski definition) is 2. The van der Waals surface area contributed by atoms with Crippen LogP contribution in [-0.4, -0.2) is 50.1 Å². The number of guanidine groups is 1. The van der Waals surface area contributed by atoms with Crippen molar-refractivity contribution in [1.29, 1.82) is 0 Å². The summed E-state index contributed by atoms with van der Waals surface area (Å²) in [5.41, 5.74) is 1.34. The molecule has 0 fully saturated rings. The van der Waals surface area contributed by atoms with Crippen LogP contribution in [0.2, 0.25) is 0 Å². The SMILES string of the molecule is CCN(CCNC(=NC)NCCc1ccccc1)C(C)C. The van der Waals surface area contributed by atoms with Crippen molar-refractivity contribution in [2.45, 2.75) is 33.2 Å². The van der Waals surface area contributed by atoms with E-state index in [0.717, 1.165) is 38.6 Å². The van der Waals surface area contributed by atoms with Gasteiger partial charge in [-0.15, -0.1) is 0 Å². The van der Waals surface area contributed by atoms with Crippen molar-refractivity contribution in [1.82, 2.24) is 15.5 Å². The molecule has 2 N–H and O–H groups in total. The minimum Gasteiger partial charge on any atom is -0.356 e. The topological polar surface area (TPSA) is 39.7 Å². The smallest absolute Gasteiger partial charge is 0.191 e. The van der Waals surface area contributed by atoms with Crippen molar-refractivity contribution in [2.75, 3.05) is 33.2 Å². The van der Waals surface area contributed by atoms with Gasteiger partial charge in [0.15, 0.2) is 5.96 Å². The number of nitrogens with one attached hydrogen (secondary N) is 2. The van der Waals surface area contributed by atoms with Crippen LogP contribution >= 0.6 is 0 Å². The fourth-order valence-corrected chi connectivity index (χ4v) is 2.29. The normalized spacial score (nSPS) is 12.0. The zero-order valence-corrected chi connectivity index (χ0v) is 13.9.